The summed E-state index contributed by atoms with van der Waals surface area (Å²) in [6.45, 7) is 4.51. The number of pyridine rings is 1. The summed E-state index contributed by atoms with van der Waals surface area (Å²) in [7, 11) is 0. The maximum absolute atomic E-state index is 11.8. The minimum absolute atomic E-state index is 0.107. The van der Waals surface area contributed by atoms with Crippen molar-refractivity contribution in [2.75, 3.05) is 17.6 Å². The molecule has 2 aromatic rings. The zero-order chi connectivity index (χ0) is 15.2. The molecule has 0 aliphatic rings. The zero-order valence-electron chi connectivity index (χ0n) is 12.3. The number of anilines is 2. The minimum Gasteiger partial charge on any atom is -0.399 e. The number of benzene rings is 1. The first-order chi connectivity index (χ1) is 10.1. The Morgan fingerprint density at radius 3 is 2.67 bits per heavy atom. The van der Waals surface area contributed by atoms with E-state index in [1.54, 1.807) is 12.3 Å². The summed E-state index contributed by atoms with van der Waals surface area (Å²) < 4.78 is 0. The number of hydrogen-bond acceptors (Lipinski definition) is 4. The summed E-state index contributed by atoms with van der Waals surface area (Å²) >= 11 is 0. The van der Waals surface area contributed by atoms with Crippen LogP contribution < -0.4 is 16.4 Å². The summed E-state index contributed by atoms with van der Waals surface area (Å²) in [4.78, 5) is 15.9. The molecule has 5 heteroatoms. The SMILES string of the molecule is CCNC(=O)c1cc(NC(C)c2ccc(N)cc2)ccn1. The molecule has 1 heterocycles. The van der Waals surface area contributed by atoms with Crippen molar-refractivity contribution in [3.63, 3.8) is 0 Å². The first kappa shape index (κ1) is 14.8. The molecular weight excluding hydrogens is 264 g/mol. The van der Waals surface area contributed by atoms with Crippen molar-refractivity contribution in [3.05, 3.63) is 53.9 Å². The van der Waals surface area contributed by atoms with Gasteiger partial charge in [0.25, 0.3) is 5.91 Å². The van der Waals surface area contributed by atoms with Crippen molar-refractivity contribution < 1.29 is 4.79 Å². The average Bonchev–Trinajstić information content (AvgIpc) is 2.48. The Kier molecular flexibility index (Phi) is 4.77. The first-order valence-corrected chi connectivity index (χ1v) is 6.96. The predicted octanol–water partition coefficient (Wildman–Crippen LogP) is 2.59. The quantitative estimate of drug-likeness (QED) is 0.737. The van der Waals surface area contributed by atoms with Crippen LogP contribution in [0.25, 0.3) is 0 Å². The number of nitrogens with one attached hydrogen (secondary N) is 2. The van der Waals surface area contributed by atoms with Gasteiger partial charge in [-0.25, -0.2) is 0 Å². The van der Waals surface area contributed by atoms with Crippen molar-refractivity contribution in [1.82, 2.24) is 10.3 Å². The predicted molar refractivity (Wildman–Crippen MR) is 85.1 cm³/mol. The maximum Gasteiger partial charge on any atom is 0.269 e. The fraction of sp³-hybridized carbons (Fsp3) is 0.250. The van der Waals surface area contributed by atoms with Crippen LogP contribution in [0.3, 0.4) is 0 Å². The minimum atomic E-state index is -0.165. The number of amides is 1. The molecule has 0 aliphatic carbocycles. The van der Waals surface area contributed by atoms with Crippen LogP contribution in [0.15, 0.2) is 42.6 Å². The highest BCUT2D eigenvalue weighted by molar-refractivity contribution is 5.93. The van der Waals surface area contributed by atoms with Crippen LogP contribution in [0.4, 0.5) is 11.4 Å². The van der Waals surface area contributed by atoms with E-state index in [2.05, 4.69) is 22.5 Å². The third-order valence-corrected chi connectivity index (χ3v) is 3.15. The molecule has 0 aliphatic heterocycles. The summed E-state index contributed by atoms with van der Waals surface area (Å²) in [6, 6.07) is 11.4. The van der Waals surface area contributed by atoms with E-state index in [1.165, 1.54) is 0 Å². The lowest BCUT2D eigenvalue weighted by atomic mass is 10.1. The van der Waals surface area contributed by atoms with E-state index < -0.39 is 0 Å². The average molecular weight is 284 g/mol. The first-order valence-electron chi connectivity index (χ1n) is 6.96. The molecule has 4 N–H and O–H groups in total. The molecule has 0 radical (unpaired) electrons. The monoisotopic (exact) mass is 284 g/mol. The van der Waals surface area contributed by atoms with Crippen molar-refractivity contribution in [2.45, 2.75) is 19.9 Å². The highest BCUT2D eigenvalue weighted by atomic mass is 16.1. The van der Waals surface area contributed by atoms with Crippen molar-refractivity contribution in [3.8, 4) is 0 Å². The lowest BCUT2D eigenvalue weighted by Gasteiger charge is -2.16. The van der Waals surface area contributed by atoms with Gasteiger partial charge in [-0.15, -0.1) is 0 Å². The highest BCUT2D eigenvalue weighted by Gasteiger charge is 2.09. The van der Waals surface area contributed by atoms with E-state index in [4.69, 9.17) is 5.73 Å². The van der Waals surface area contributed by atoms with Crippen LogP contribution in [-0.4, -0.2) is 17.4 Å². The molecular formula is C16H20N4O. The number of rotatable bonds is 5. The van der Waals surface area contributed by atoms with Gasteiger partial charge in [0, 0.05) is 30.2 Å². The van der Waals surface area contributed by atoms with Gasteiger partial charge in [0.2, 0.25) is 0 Å². The van der Waals surface area contributed by atoms with Gasteiger partial charge in [0.05, 0.1) is 0 Å². The molecule has 1 atom stereocenters. The molecule has 5 nitrogen and oxygen atoms in total. The summed E-state index contributed by atoms with van der Waals surface area (Å²) in [5.74, 6) is -0.165. The molecule has 0 saturated heterocycles. The summed E-state index contributed by atoms with van der Waals surface area (Å²) in [5, 5.41) is 6.09. The second-order valence-corrected chi connectivity index (χ2v) is 4.82. The Bertz CT molecular complexity index is 610. The van der Waals surface area contributed by atoms with Crippen molar-refractivity contribution >= 4 is 17.3 Å². The van der Waals surface area contributed by atoms with Crippen molar-refractivity contribution in [1.29, 1.82) is 0 Å². The molecule has 2 rings (SSSR count). The number of hydrogen-bond donors (Lipinski definition) is 3. The van der Waals surface area contributed by atoms with Gasteiger partial charge in [0.15, 0.2) is 0 Å². The molecule has 21 heavy (non-hydrogen) atoms. The molecule has 1 aromatic carbocycles. The number of aromatic nitrogens is 1. The van der Waals surface area contributed by atoms with Crippen LogP contribution in [0, 0.1) is 0 Å². The number of carbonyl (C=O) groups is 1. The van der Waals surface area contributed by atoms with E-state index in [9.17, 15) is 4.79 Å². The van der Waals surface area contributed by atoms with Crippen LogP contribution >= 0.6 is 0 Å². The molecule has 0 fully saturated rings. The van der Waals surface area contributed by atoms with Gasteiger partial charge in [-0.3, -0.25) is 9.78 Å². The fourth-order valence-corrected chi connectivity index (χ4v) is 2.01. The molecule has 0 bridgehead atoms. The normalized spacial score (nSPS) is 11.7. The van der Waals surface area contributed by atoms with Gasteiger partial charge < -0.3 is 16.4 Å². The summed E-state index contributed by atoms with van der Waals surface area (Å²) in [5.41, 5.74) is 8.82. The Morgan fingerprint density at radius 2 is 2.00 bits per heavy atom. The zero-order valence-corrected chi connectivity index (χ0v) is 12.3. The smallest absolute Gasteiger partial charge is 0.269 e. The van der Waals surface area contributed by atoms with E-state index in [0.29, 0.717) is 12.2 Å². The third-order valence-electron chi connectivity index (χ3n) is 3.15. The topological polar surface area (TPSA) is 80.0 Å². The standard InChI is InChI=1S/C16H20N4O/c1-3-18-16(21)15-10-14(8-9-19-15)20-11(2)12-4-6-13(17)7-5-12/h4-11H,3,17H2,1-2H3,(H,18,21)(H,19,20). The second-order valence-electron chi connectivity index (χ2n) is 4.82. The van der Waals surface area contributed by atoms with E-state index in [1.807, 2.05) is 37.3 Å². The molecule has 110 valence electrons. The van der Waals surface area contributed by atoms with Crippen LogP contribution in [-0.2, 0) is 0 Å². The molecule has 1 aromatic heterocycles. The Morgan fingerprint density at radius 1 is 1.29 bits per heavy atom. The number of carbonyl (C=O) groups excluding carboxylic acids is 1. The number of nitrogens with zero attached hydrogens (tertiary/aromatic N) is 1. The van der Waals surface area contributed by atoms with E-state index in [-0.39, 0.29) is 11.9 Å². The number of nitrogens with two attached hydrogens (primary N) is 1. The van der Waals surface area contributed by atoms with Gasteiger partial charge in [-0.1, -0.05) is 12.1 Å². The van der Waals surface area contributed by atoms with E-state index >= 15 is 0 Å². The van der Waals surface area contributed by atoms with Crippen molar-refractivity contribution in [2.24, 2.45) is 0 Å². The van der Waals surface area contributed by atoms with Gasteiger partial charge in [-0.2, -0.15) is 0 Å². The van der Waals surface area contributed by atoms with Crippen LogP contribution in [0.1, 0.15) is 35.9 Å². The molecule has 0 spiro atoms. The Labute approximate surface area is 124 Å². The van der Waals surface area contributed by atoms with E-state index in [0.717, 1.165) is 16.9 Å². The van der Waals surface area contributed by atoms with Gasteiger partial charge in [0.1, 0.15) is 5.69 Å². The molecule has 1 unspecified atom stereocenters. The maximum atomic E-state index is 11.8. The van der Waals surface area contributed by atoms with Crippen LogP contribution in [0.2, 0.25) is 0 Å². The fourth-order valence-electron chi connectivity index (χ4n) is 2.01. The largest absolute Gasteiger partial charge is 0.399 e. The highest BCUT2D eigenvalue weighted by Crippen LogP contribution is 2.20. The summed E-state index contributed by atoms with van der Waals surface area (Å²) in [6.07, 6.45) is 1.63. The lowest BCUT2D eigenvalue weighted by Crippen LogP contribution is -2.23. The second kappa shape index (κ2) is 6.74. The van der Waals surface area contributed by atoms with Gasteiger partial charge in [-0.05, 0) is 43.7 Å². The Balaban J connectivity index is 2.10. The van der Waals surface area contributed by atoms with Gasteiger partial charge >= 0.3 is 0 Å². The number of nitrogen functional groups attached to an aromatic ring is 1. The van der Waals surface area contributed by atoms with Crippen LogP contribution in [0.5, 0.6) is 0 Å². The molecule has 0 saturated carbocycles. The third kappa shape index (κ3) is 3.95. The lowest BCUT2D eigenvalue weighted by molar-refractivity contribution is 0.0951. The molecule has 1 amide bonds. The Hall–Kier alpha value is -2.56.